The van der Waals surface area contributed by atoms with E-state index in [2.05, 4.69) is 0 Å². The van der Waals surface area contributed by atoms with Crippen molar-refractivity contribution < 1.29 is 19.4 Å². The Morgan fingerprint density at radius 1 is 1.67 bits per heavy atom. The summed E-state index contributed by atoms with van der Waals surface area (Å²) in [5, 5.41) is 8.84. The molecule has 4 heteroatoms. The van der Waals surface area contributed by atoms with E-state index in [-0.39, 0.29) is 0 Å². The van der Waals surface area contributed by atoms with Crippen molar-refractivity contribution in [1.29, 1.82) is 0 Å². The fourth-order valence-corrected chi connectivity index (χ4v) is 1.65. The molecule has 1 heterocycles. The predicted molar refractivity (Wildman–Crippen MR) is 53.4 cm³/mol. The Kier molecular flexibility index (Phi) is 2.49. The zero-order valence-corrected chi connectivity index (χ0v) is 8.40. The normalized spacial score (nSPS) is 18.1. The molecule has 1 aromatic carbocycles. The average molecular weight is 208 g/mol. The monoisotopic (exact) mass is 208 g/mol. The van der Waals surface area contributed by atoms with Gasteiger partial charge < -0.3 is 14.6 Å². The first kappa shape index (κ1) is 9.83. The third kappa shape index (κ3) is 1.75. The SMILES string of the molecule is CCOc1cccc2c1O[C@@H](C(=O)O)C2. The van der Waals surface area contributed by atoms with Crippen LogP contribution in [-0.2, 0) is 11.2 Å². The molecule has 0 aliphatic carbocycles. The fourth-order valence-electron chi connectivity index (χ4n) is 1.65. The molecule has 4 nitrogen and oxygen atoms in total. The minimum atomic E-state index is -0.936. The molecule has 1 atom stereocenters. The Bertz CT molecular complexity index is 386. The van der Waals surface area contributed by atoms with E-state index in [1.807, 2.05) is 19.1 Å². The molecule has 1 aromatic rings. The summed E-state index contributed by atoms with van der Waals surface area (Å²) in [6.45, 7) is 2.42. The lowest BCUT2D eigenvalue weighted by atomic mass is 10.1. The Hall–Kier alpha value is -1.71. The Morgan fingerprint density at radius 3 is 3.13 bits per heavy atom. The molecular formula is C11H12O4. The minimum Gasteiger partial charge on any atom is -0.490 e. The van der Waals surface area contributed by atoms with Crippen LogP contribution in [-0.4, -0.2) is 23.8 Å². The topological polar surface area (TPSA) is 55.8 Å². The van der Waals surface area contributed by atoms with E-state index in [0.717, 1.165) is 5.56 Å². The molecule has 0 spiro atoms. The molecule has 0 radical (unpaired) electrons. The van der Waals surface area contributed by atoms with Crippen LogP contribution < -0.4 is 9.47 Å². The van der Waals surface area contributed by atoms with Crippen LogP contribution >= 0.6 is 0 Å². The number of para-hydroxylation sites is 1. The number of carboxylic acid groups (broad SMARTS) is 1. The van der Waals surface area contributed by atoms with Gasteiger partial charge in [0.05, 0.1) is 6.61 Å². The second-order valence-corrected chi connectivity index (χ2v) is 3.33. The van der Waals surface area contributed by atoms with Crippen molar-refractivity contribution in [3.05, 3.63) is 23.8 Å². The number of hydrogen-bond acceptors (Lipinski definition) is 3. The van der Waals surface area contributed by atoms with Gasteiger partial charge in [0.15, 0.2) is 17.6 Å². The molecule has 1 N–H and O–H groups in total. The highest BCUT2D eigenvalue weighted by Gasteiger charge is 2.30. The maximum absolute atomic E-state index is 10.8. The summed E-state index contributed by atoms with van der Waals surface area (Å²) in [4.78, 5) is 10.8. The van der Waals surface area contributed by atoms with Crippen LogP contribution in [0.15, 0.2) is 18.2 Å². The highest BCUT2D eigenvalue weighted by atomic mass is 16.5. The smallest absolute Gasteiger partial charge is 0.345 e. The van der Waals surface area contributed by atoms with Gasteiger partial charge in [0, 0.05) is 12.0 Å². The lowest BCUT2D eigenvalue weighted by Gasteiger charge is -2.09. The van der Waals surface area contributed by atoms with Gasteiger partial charge in [-0.3, -0.25) is 0 Å². The van der Waals surface area contributed by atoms with Crippen molar-refractivity contribution in [3.63, 3.8) is 0 Å². The zero-order valence-electron chi connectivity index (χ0n) is 8.40. The van der Waals surface area contributed by atoms with E-state index >= 15 is 0 Å². The zero-order chi connectivity index (χ0) is 10.8. The molecule has 1 aliphatic rings. The van der Waals surface area contributed by atoms with Crippen LogP contribution in [0.1, 0.15) is 12.5 Å². The van der Waals surface area contributed by atoms with Gasteiger partial charge in [-0.05, 0) is 13.0 Å². The molecule has 0 saturated carbocycles. The van der Waals surface area contributed by atoms with E-state index in [0.29, 0.717) is 24.5 Å². The number of carbonyl (C=O) groups is 1. The molecule has 0 bridgehead atoms. The summed E-state index contributed by atoms with van der Waals surface area (Å²) in [5.74, 6) is 0.263. The molecule has 15 heavy (non-hydrogen) atoms. The summed E-state index contributed by atoms with van der Waals surface area (Å²) in [6.07, 6.45) is -0.368. The molecule has 0 saturated heterocycles. The molecule has 0 amide bonds. The Labute approximate surface area is 87.4 Å². The van der Waals surface area contributed by atoms with Gasteiger partial charge in [-0.2, -0.15) is 0 Å². The van der Waals surface area contributed by atoms with Crippen molar-refractivity contribution in [2.75, 3.05) is 6.61 Å². The summed E-state index contributed by atoms with van der Waals surface area (Å²) >= 11 is 0. The van der Waals surface area contributed by atoms with Crippen LogP contribution in [0, 0.1) is 0 Å². The van der Waals surface area contributed by atoms with Crippen molar-refractivity contribution >= 4 is 5.97 Å². The summed E-state index contributed by atoms with van der Waals surface area (Å²) in [7, 11) is 0. The van der Waals surface area contributed by atoms with Gasteiger partial charge in [-0.15, -0.1) is 0 Å². The summed E-state index contributed by atoms with van der Waals surface area (Å²) in [6, 6.07) is 5.49. The molecule has 0 unspecified atom stereocenters. The van der Waals surface area contributed by atoms with E-state index in [1.54, 1.807) is 6.07 Å². The fraction of sp³-hybridized carbons (Fsp3) is 0.364. The number of carboxylic acids is 1. The maximum atomic E-state index is 10.8. The molecule has 1 aliphatic heterocycles. The number of rotatable bonds is 3. The van der Waals surface area contributed by atoms with Crippen molar-refractivity contribution in [1.82, 2.24) is 0 Å². The van der Waals surface area contributed by atoms with Crippen LogP contribution in [0.2, 0.25) is 0 Å². The van der Waals surface area contributed by atoms with Crippen molar-refractivity contribution in [2.24, 2.45) is 0 Å². The second-order valence-electron chi connectivity index (χ2n) is 3.33. The lowest BCUT2D eigenvalue weighted by molar-refractivity contribution is -0.144. The molecule has 80 valence electrons. The molecule has 0 fully saturated rings. The molecule has 2 rings (SSSR count). The Balaban J connectivity index is 2.28. The number of fused-ring (bicyclic) bond motifs is 1. The first-order valence-electron chi connectivity index (χ1n) is 4.86. The van der Waals surface area contributed by atoms with Crippen LogP contribution in [0.4, 0.5) is 0 Å². The highest BCUT2D eigenvalue weighted by molar-refractivity contribution is 5.75. The van der Waals surface area contributed by atoms with E-state index in [1.165, 1.54) is 0 Å². The van der Waals surface area contributed by atoms with Crippen LogP contribution in [0.25, 0.3) is 0 Å². The number of hydrogen-bond donors (Lipinski definition) is 1. The Morgan fingerprint density at radius 2 is 2.47 bits per heavy atom. The first-order chi connectivity index (χ1) is 7.22. The third-order valence-electron chi connectivity index (χ3n) is 2.30. The number of ether oxygens (including phenoxy) is 2. The van der Waals surface area contributed by atoms with E-state index in [9.17, 15) is 4.79 Å². The van der Waals surface area contributed by atoms with Gasteiger partial charge >= 0.3 is 5.97 Å². The predicted octanol–water partition coefficient (Wildman–Crippen LogP) is 1.47. The first-order valence-corrected chi connectivity index (χ1v) is 4.86. The van der Waals surface area contributed by atoms with Gasteiger partial charge in [0.2, 0.25) is 0 Å². The van der Waals surface area contributed by atoms with Gasteiger partial charge in [0.1, 0.15) is 0 Å². The number of benzene rings is 1. The highest BCUT2D eigenvalue weighted by Crippen LogP contribution is 2.37. The van der Waals surface area contributed by atoms with Crippen LogP contribution in [0.3, 0.4) is 0 Å². The van der Waals surface area contributed by atoms with Gasteiger partial charge in [-0.25, -0.2) is 4.79 Å². The average Bonchev–Trinajstić information content (AvgIpc) is 2.63. The quantitative estimate of drug-likeness (QED) is 0.817. The molecule has 0 aromatic heterocycles. The second kappa shape index (κ2) is 3.81. The molecular weight excluding hydrogens is 196 g/mol. The third-order valence-corrected chi connectivity index (χ3v) is 2.30. The standard InChI is InChI=1S/C11H12O4/c1-2-14-8-5-3-4-7-6-9(11(12)13)15-10(7)8/h3-5,9H,2,6H2,1H3,(H,12,13)/t9-/m1/s1. The van der Waals surface area contributed by atoms with Gasteiger partial charge in [-0.1, -0.05) is 12.1 Å². The summed E-state index contributed by atoms with van der Waals surface area (Å²) < 4.78 is 10.7. The number of aliphatic carboxylic acids is 1. The van der Waals surface area contributed by atoms with Crippen LogP contribution in [0.5, 0.6) is 11.5 Å². The summed E-state index contributed by atoms with van der Waals surface area (Å²) in [5.41, 5.74) is 0.897. The maximum Gasteiger partial charge on any atom is 0.345 e. The van der Waals surface area contributed by atoms with Crippen molar-refractivity contribution in [2.45, 2.75) is 19.4 Å². The van der Waals surface area contributed by atoms with Gasteiger partial charge in [0.25, 0.3) is 0 Å². The minimum absolute atomic E-state index is 0.408. The largest absolute Gasteiger partial charge is 0.490 e. The van der Waals surface area contributed by atoms with Crippen molar-refractivity contribution in [3.8, 4) is 11.5 Å². The van der Waals surface area contributed by atoms with E-state index < -0.39 is 12.1 Å². The lowest BCUT2D eigenvalue weighted by Crippen LogP contribution is -2.24. The van der Waals surface area contributed by atoms with E-state index in [4.69, 9.17) is 14.6 Å².